The van der Waals surface area contributed by atoms with Crippen molar-refractivity contribution in [2.45, 2.75) is 97.1 Å². The fourth-order valence-electron chi connectivity index (χ4n) is 7.90. The van der Waals surface area contributed by atoms with E-state index in [1.807, 2.05) is 20.8 Å². The van der Waals surface area contributed by atoms with Gasteiger partial charge in [0.1, 0.15) is 17.7 Å². The summed E-state index contributed by atoms with van der Waals surface area (Å²) in [6.45, 7) is 15.9. The van der Waals surface area contributed by atoms with Crippen LogP contribution in [0.2, 0.25) is 0 Å². The largest absolute Gasteiger partial charge is 0.461 e. The molecule has 4 rings (SSSR count). The molecule has 1 heterocycles. The number of carbonyl (C=O) groups is 3. The summed E-state index contributed by atoms with van der Waals surface area (Å²) in [5.41, 5.74) is 3.72. The first-order valence-electron chi connectivity index (χ1n) is 14.9. The molecule has 3 aliphatic rings. The van der Waals surface area contributed by atoms with Crippen LogP contribution in [0.15, 0.2) is 28.7 Å². The van der Waals surface area contributed by atoms with Crippen LogP contribution < -0.4 is 16.6 Å². The van der Waals surface area contributed by atoms with E-state index in [9.17, 15) is 24.3 Å². The molecule has 232 valence electrons. The van der Waals surface area contributed by atoms with Gasteiger partial charge in [0.2, 0.25) is 5.91 Å². The fourth-order valence-corrected chi connectivity index (χ4v) is 8.56. The number of H-pyrrole nitrogens is 1. The third-order valence-electron chi connectivity index (χ3n) is 10.9. The molecule has 2 bridgehead atoms. The number of carbonyl (C=O) groups excluding carboxylic acids is 3. The van der Waals surface area contributed by atoms with Crippen molar-refractivity contribution in [3.05, 3.63) is 29.1 Å². The number of anilines is 1. The van der Waals surface area contributed by atoms with Crippen LogP contribution in [0.5, 0.6) is 0 Å². The molecule has 42 heavy (non-hydrogen) atoms. The molecule has 0 radical (unpaired) electrons. The van der Waals surface area contributed by atoms with E-state index in [1.54, 1.807) is 6.08 Å². The van der Waals surface area contributed by atoms with Crippen LogP contribution in [0.3, 0.4) is 0 Å². The van der Waals surface area contributed by atoms with Crippen molar-refractivity contribution in [3.63, 3.8) is 0 Å². The Morgan fingerprint density at radius 2 is 2.00 bits per heavy atom. The van der Waals surface area contributed by atoms with Crippen LogP contribution in [-0.2, 0) is 19.1 Å². The minimum absolute atomic E-state index is 0.0419. The number of aromatic nitrogens is 2. The maximum absolute atomic E-state index is 13.6. The van der Waals surface area contributed by atoms with Gasteiger partial charge in [0.25, 0.3) is 5.56 Å². The number of nitrogens with two attached hydrogens (primary N) is 1. The van der Waals surface area contributed by atoms with Gasteiger partial charge in [-0.25, -0.2) is 4.98 Å². The highest BCUT2D eigenvalue weighted by atomic mass is 32.2. The van der Waals surface area contributed by atoms with Gasteiger partial charge in [0.05, 0.1) is 17.9 Å². The third-order valence-corrected chi connectivity index (χ3v) is 11.7. The van der Waals surface area contributed by atoms with Crippen LogP contribution in [0, 0.1) is 39.9 Å². The lowest BCUT2D eigenvalue weighted by Crippen LogP contribution is -2.63. The van der Waals surface area contributed by atoms with Gasteiger partial charge >= 0.3 is 5.97 Å². The maximum atomic E-state index is 13.6. The van der Waals surface area contributed by atoms with E-state index in [0.29, 0.717) is 12.8 Å². The predicted octanol–water partition coefficient (Wildman–Crippen LogP) is 3.69. The zero-order valence-corrected chi connectivity index (χ0v) is 26.4. The molecular formula is C31H46N4O6S. The fraction of sp³-hybridized carbons (Fsp3) is 0.710. The van der Waals surface area contributed by atoms with Crippen LogP contribution in [-0.4, -0.2) is 56.7 Å². The molecule has 3 saturated carbocycles. The highest BCUT2D eigenvalue weighted by Crippen LogP contribution is 2.68. The Morgan fingerprint density at radius 1 is 1.31 bits per heavy atom. The van der Waals surface area contributed by atoms with Gasteiger partial charge in [-0.2, -0.15) is 0 Å². The average molecular weight is 603 g/mol. The molecule has 5 N–H and O–H groups in total. The molecule has 0 saturated heterocycles. The first-order chi connectivity index (χ1) is 19.6. The molecule has 0 aliphatic heterocycles. The number of aliphatic hydroxyl groups excluding tert-OH is 1. The van der Waals surface area contributed by atoms with Crippen molar-refractivity contribution in [3.8, 4) is 0 Å². The summed E-state index contributed by atoms with van der Waals surface area (Å²) in [7, 11) is 0. The minimum atomic E-state index is -0.766. The molecule has 0 unspecified atom stereocenters. The van der Waals surface area contributed by atoms with Gasteiger partial charge in [0, 0.05) is 29.2 Å². The van der Waals surface area contributed by atoms with Crippen molar-refractivity contribution in [1.29, 1.82) is 0 Å². The van der Waals surface area contributed by atoms with E-state index in [-0.39, 0.29) is 51.6 Å². The number of amides is 1. The molecule has 3 fully saturated rings. The van der Waals surface area contributed by atoms with Crippen molar-refractivity contribution in [2.24, 2.45) is 45.7 Å². The number of esters is 1. The van der Waals surface area contributed by atoms with Crippen LogP contribution in [0.1, 0.15) is 73.6 Å². The lowest BCUT2D eigenvalue weighted by atomic mass is 9.44. The van der Waals surface area contributed by atoms with E-state index < -0.39 is 46.5 Å². The highest BCUT2D eigenvalue weighted by Gasteiger charge is 2.68. The van der Waals surface area contributed by atoms with Crippen LogP contribution in [0.25, 0.3) is 0 Å². The number of aliphatic hydroxyl groups is 1. The number of ketones is 1. The smallest absolute Gasteiger partial charge is 0.316 e. The standard InChI is InChI=1S/C31H46N4O6S/c1-8-29(6)14-20(30(7)17(4)9-11-31(18(5)26(29)39)12-10-19(36)25(30)31)41-23(38)15-42-28-34-21(13-22(37)35-28)33-27(40)24(32)16(2)3/h8,13,16-18,20,24-26,39H,1,9-12,14-15,32H2,2-7H3,(H2,33,34,35,37,40)/t17-,18+,20-,24-,25+,26+,29-,30+,31+/m1/s1. The molecule has 1 amide bonds. The summed E-state index contributed by atoms with van der Waals surface area (Å²) in [5.74, 6) is -1.30. The number of Topliss-reactive ketones (excluding diaryl/α,β-unsaturated/α-hetero) is 1. The highest BCUT2D eigenvalue weighted by molar-refractivity contribution is 7.99. The summed E-state index contributed by atoms with van der Waals surface area (Å²) in [6.07, 6.45) is 3.67. The van der Waals surface area contributed by atoms with Gasteiger partial charge in [0.15, 0.2) is 5.16 Å². The molecule has 9 atom stereocenters. The van der Waals surface area contributed by atoms with Gasteiger partial charge in [-0.05, 0) is 48.9 Å². The minimum Gasteiger partial charge on any atom is -0.461 e. The number of ether oxygens (including phenoxy) is 1. The van der Waals surface area contributed by atoms with Crippen LogP contribution >= 0.6 is 11.8 Å². The van der Waals surface area contributed by atoms with Gasteiger partial charge < -0.3 is 25.9 Å². The Morgan fingerprint density at radius 3 is 2.64 bits per heavy atom. The van der Waals surface area contributed by atoms with Crippen molar-refractivity contribution in [1.82, 2.24) is 9.97 Å². The molecule has 10 nitrogen and oxygen atoms in total. The second-order valence-corrected chi connectivity index (χ2v) is 14.5. The summed E-state index contributed by atoms with van der Waals surface area (Å²) in [5, 5.41) is 14.4. The number of nitrogens with zero attached hydrogens (tertiary/aromatic N) is 1. The van der Waals surface area contributed by atoms with E-state index in [4.69, 9.17) is 10.5 Å². The Kier molecular flexibility index (Phi) is 9.17. The van der Waals surface area contributed by atoms with Gasteiger partial charge in [-0.3, -0.25) is 19.2 Å². The molecule has 11 heteroatoms. The van der Waals surface area contributed by atoms with Gasteiger partial charge in [-0.15, -0.1) is 6.58 Å². The monoisotopic (exact) mass is 602 g/mol. The lowest BCUT2D eigenvalue weighted by molar-refractivity contribution is -0.205. The zero-order valence-electron chi connectivity index (χ0n) is 25.6. The van der Waals surface area contributed by atoms with E-state index in [2.05, 4.69) is 42.6 Å². The summed E-state index contributed by atoms with van der Waals surface area (Å²) >= 11 is 0.985. The molecule has 0 spiro atoms. The summed E-state index contributed by atoms with van der Waals surface area (Å²) < 4.78 is 6.25. The second kappa shape index (κ2) is 11.9. The summed E-state index contributed by atoms with van der Waals surface area (Å²) in [4.78, 5) is 58.4. The van der Waals surface area contributed by atoms with E-state index >= 15 is 0 Å². The SMILES string of the molecule is C=C[C@]1(C)C[C@@H](OC(=O)CSc2nc(NC(=O)[C@H](N)C(C)C)cc(=O)[nH]2)[C@]2(C)[C@H](C)CC[C@]3(CCC(=O)[C@H]32)[C@@H](C)[C@@H]1O. The number of thioether (sulfide) groups is 1. The molecule has 0 aromatic carbocycles. The Balaban J connectivity index is 1.58. The Bertz CT molecular complexity index is 1300. The Hall–Kier alpha value is -2.50. The topological polar surface area (TPSA) is 164 Å². The number of aromatic amines is 1. The zero-order chi connectivity index (χ0) is 31.2. The first-order valence-corrected chi connectivity index (χ1v) is 15.9. The van der Waals surface area contributed by atoms with Crippen molar-refractivity contribution >= 4 is 35.2 Å². The average Bonchev–Trinajstić information content (AvgIpc) is 3.29. The molecule has 1 aromatic rings. The molecule has 3 aliphatic carbocycles. The quantitative estimate of drug-likeness (QED) is 0.150. The molecule has 1 aromatic heterocycles. The number of hydrogen-bond acceptors (Lipinski definition) is 9. The van der Waals surface area contributed by atoms with E-state index in [0.717, 1.165) is 37.1 Å². The van der Waals surface area contributed by atoms with Gasteiger partial charge in [-0.1, -0.05) is 59.4 Å². The Labute approximate surface area is 252 Å². The van der Waals surface area contributed by atoms with E-state index in [1.165, 1.54) is 0 Å². The second-order valence-electron chi connectivity index (χ2n) is 13.5. The number of hydrogen-bond donors (Lipinski definition) is 4. The molecular weight excluding hydrogens is 556 g/mol. The van der Waals surface area contributed by atoms with Crippen molar-refractivity contribution < 1.29 is 24.2 Å². The van der Waals surface area contributed by atoms with Crippen LogP contribution in [0.4, 0.5) is 5.82 Å². The lowest BCUT2D eigenvalue weighted by Gasteiger charge is -2.61. The predicted molar refractivity (Wildman–Crippen MR) is 162 cm³/mol. The first kappa shape index (κ1) is 32.4. The summed E-state index contributed by atoms with van der Waals surface area (Å²) in [6, 6.07) is 0.387. The number of rotatable bonds is 8. The van der Waals surface area contributed by atoms with Crippen molar-refractivity contribution in [2.75, 3.05) is 11.1 Å². The normalized spacial score (nSPS) is 36.9. The third kappa shape index (κ3) is 5.59. The number of nitrogens with one attached hydrogen (secondary N) is 2. The maximum Gasteiger partial charge on any atom is 0.316 e.